The van der Waals surface area contributed by atoms with Crippen molar-refractivity contribution in [3.63, 3.8) is 0 Å². The number of ether oxygens (including phenoxy) is 1. The van der Waals surface area contributed by atoms with Crippen molar-refractivity contribution in [1.29, 1.82) is 0 Å². The molecular formula is C18H23N3O4S. The summed E-state index contributed by atoms with van der Waals surface area (Å²) in [5.41, 5.74) is 1.89. The summed E-state index contributed by atoms with van der Waals surface area (Å²) in [5, 5.41) is 11.0. The highest BCUT2D eigenvalue weighted by Gasteiger charge is 2.26. The second-order valence-electron chi connectivity index (χ2n) is 5.93. The molecular weight excluding hydrogens is 354 g/mol. The van der Waals surface area contributed by atoms with E-state index in [0.717, 1.165) is 29.3 Å². The molecule has 1 aromatic heterocycles. The minimum Gasteiger partial charge on any atom is -0.467 e. The van der Waals surface area contributed by atoms with Gasteiger partial charge in [0.2, 0.25) is 11.8 Å². The van der Waals surface area contributed by atoms with Gasteiger partial charge in [0.1, 0.15) is 6.04 Å². The molecule has 7 nitrogen and oxygen atoms in total. The third-order valence-electron chi connectivity index (χ3n) is 4.09. The van der Waals surface area contributed by atoms with Gasteiger partial charge in [-0.15, -0.1) is 10.2 Å². The molecule has 0 spiro atoms. The number of aromatic nitrogens is 2. The number of nitrogens with zero attached hydrogens (tertiary/aromatic N) is 2. The summed E-state index contributed by atoms with van der Waals surface area (Å²) in [7, 11) is 1.31. The van der Waals surface area contributed by atoms with Gasteiger partial charge < -0.3 is 14.5 Å². The topological polar surface area (TPSA) is 94.3 Å². The van der Waals surface area contributed by atoms with Crippen LogP contribution in [0.15, 0.2) is 33.9 Å². The van der Waals surface area contributed by atoms with E-state index in [2.05, 4.69) is 15.5 Å². The molecule has 26 heavy (non-hydrogen) atoms. The Morgan fingerprint density at radius 1 is 1.31 bits per heavy atom. The number of amides is 1. The summed E-state index contributed by atoms with van der Waals surface area (Å²) in [4.78, 5) is 24.0. The first-order valence-electron chi connectivity index (χ1n) is 8.35. The highest BCUT2D eigenvalue weighted by molar-refractivity contribution is 7.99. The quantitative estimate of drug-likeness (QED) is 0.558. The Labute approximate surface area is 156 Å². The summed E-state index contributed by atoms with van der Waals surface area (Å²) in [6.45, 7) is 5.80. The van der Waals surface area contributed by atoms with Crippen LogP contribution in [0.3, 0.4) is 0 Å². The molecule has 0 unspecified atom stereocenters. The third-order valence-corrected chi connectivity index (χ3v) is 4.91. The van der Waals surface area contributed by atoms with Crippen molar-refractivity contribution < 1.29 is 18.7 Å². The Kier molecular flexibility index (Phi) is 7.20. The molecule has 1 amide bonds. The van der Waals surface area contributed by atoms with Crippen LogP contribution in [0.25, 0.3) is 11.5 Å². The average molecular weight is 377 g/mol. The summed E-state index contributed by atoms with van der Waals surface area (Å²) < 4.78 is 10.4. The molecule has 8 heteroatoms. The first kappa shape index (κ1) is 20.0. The Morgan fingerprint density at radius 2 is 2.04 bits per heavy atom. The molecule has 0 saturated heterocycles. The van der Waals surface area contributed by atoms with Crippen LogP contribution in [-0.4, -0.2) is 41.0 Å². The highest BCUT2D eigenvalue weighted by Crippen LogP contribution is 2.25. The number of hydrogen-bond acceptors (Lipinski definition) is 7. The van der Waals surface area contributed by atoms with Crippen molar-refractivity contribution in [2.75, 3.05) is 12.9 Å². The van der Waals surface area contributed by atoms with Crippen LogP contribution in [0.4, 0.5) is 0 Å². The van der Waals surface area contributed by atoms with E-state index >= 15 is 0 Å². The van der Waals surface area contributed by atoms with Gasteiger partial charge >= 0.3 is 5.97 Å². The van der Waals surface area contributed by atoms with E-state index in [0.29, 0.717) is 11.1 Å². The molecule has 1 heterocycles. The summed E-state index contributed by atoms with van der Waals surface area (Å²) in [6.07, 6.45) is 0.747. The van der Waals surface area contributed by atoms with Crippen LogP contribution in [0, 0.1) is 12.8 Å². The van der Waals surface area contributed by atoms with Crippen molar-refractivity contribution in [2.45, 2.75) is 38.5 Å². The first-order chi connectivity index (χ1) is 12.5. The van der Waals surface area contributed by atoms with Crippen LogP contribution in [0.1, 0.15) is 25.8 Å². The Hall–Kier alpha value is -2.35. The van der Waals surface area contributed by atoms with Gasteiger partial charge in [-0.1, -0.05) is 50.2 Å². The van der Waals surface area contributed by atoms with Gasteiger partial charge in [-0.25, -0.2) is 4.79 Å². The van der Waals surface area contributed by atoms with Crippen molar-refractivity contribution in [3.05, 3.63) is 29.8 Å². The number of rotatable bonds is 8. The molecule has 2 rings (SSSR count). The molecule has 140 valence electrons. The lowest BCUT2D eigenvalue weighted by Crippen LogP contribution is -2.46. The lowest BCUT2D eigenvalue weighted by Gasteiger charge is -2.21. The first-order valence-corrected chi connectivity index (χ1v) is 9.34. The molecule has 0 saturated carbocycles. The maximum atomic E-state index is 12.2. The molecule has 0 radical (unpaired) electrons. The van der Waals surface area contributed by atoms with E-state index < -0.39 is 12.0 Å². The normalized spacial score (nSPS) is 13.1. The van der Waals surface area contributed by atoms with Gasteiger partial charge in [-0.05, 0) is 24.5 Å². The SMILES string of the molecule is CC[C@@H](C)[C@H](NC(=O)CSc1nnc(-c2ccccc2C)o1)C(=O)OC. The van der Waals surface area contributed by atoms with Crippen molar-refractivity contribution in [1.82, 2.24) is 15.5 Å². The minimum absolute atomic E-state index is 0.0209. The number of carbonyl (C=O) groups excluding carboxylic acids is 2. The summed E-state index contributed by atoms with van der Waals surface area (Å²) in [6, 6.07) is 7.03. The molecule has 0 aliphatic rings. The fraction of sp³-hybridized carbons (Fsp3) is 0.444. The van der Waals surface area contributed by atoms with Crippen LogP contribution >= 0.6 is 11.8 Å². The predicted octanol–water partition coefficient (Wildman–Crippen LogP) is 2.84. The Morgan fingerprint density at radius 3 is 2.69 bits per heavy atom. The van der Waals surface area contributed by atoms with Gasteiger partial charge in [0.05, 0.1) is 12.9 Å². The minimum atomic E-state index is -0.664. The molecule has 0 aliphatic carbocycles. The molecule has 2 atom stereocenters. The molecule has 2 aromatic rings. The number of esters is 1. The zero-order valence-electron chi connectivity index (χ0n) is 15.3. The van der Waals surface area contributed by atoms with Crippen molar-refractivity contribution >= 4 is 23.6 Å². The van der Waals surface area contributed by atoms with Crippen LogP contribution in [0.2, 0.25) is 0 Å². The smallest absolute Gasteiger partial charge is 0.328 e. The Bertz CT molecular complexity index is 762. The predicted molar refractivity (Wildman–Crippen MR) is 98.6 cm³/mol. The maximum Gasteiger partial charge on any atom is 0.328 e. The van der Waals surface area contributed by atoms with Gasteiger partial charge in [0, 0.05) is 5.56 Å². The average Bonchev–Trinajstić information content (AvgIpc) is 3.12. The van der Waals surface area contributed by atoms with Crippen LogP contribution < -0.4 is 5.32 Å². The number of hydrogen-bond donors (Lipinski definition) is 1. The number of carbonyl (C=O) groups is 2. The van der Waals surface area contributed by atoms with Crippen LogP contribution in [0.5, 0.6) is 0 Å². The molecule has 1 aromatic carbocycles. The molecule has 0 bridgehead atoms. The lowest BCUT2D eigenvalue weighted by molar-refractivity contribution is -0.146. The largest absolute Gasteiger partial charge is 0.467 e. The lowest BCUT2D eigenvalue weighted by atomic mass is 9.99. The number of thioether (sulfide) groups is 1. The van der Waals surface area contributed by atoms with E-state index in [1.54, 1.807) is 0 Å². The monoisotopic (exact) mass is 377 g/mol. The van der Waals surface area contributed by atoms with Crippen molar-refractivity contribution in [3.8, 4) is 11.5 Å². The Balaban J connectivity index is 1.95. The second-order valence-corrected chi connectivity index (χ2v) is 6.86. The number of methoxy groups -OCH3 is 1. The van der Waals surface area contributed by atoms with Gasteiger partial charge in [0.15, 0.2) is 0 Å². The maximum absolute atomic E-state index is 12.2. The van der Waals surface area contributed by atoms with E-state index in [1.807, 2.05) is 45.0 Å². The standard InChI is InChI=1S/C18H23N3O4S/c1-5-11(2)15(17(23)24-4)19-14(22)10-26-18-21-20-16(25-18)13-9-7-6-8-12(13)3/h6-9,11,15H,5,10H2,1-4H3,(H,19,22)/t11-,15+/m1/s1. The third kappa shape index (κ3) is 5.08. The fourth-order valence-corrected chi connectivity index (χ4v) is 2.90. The zero-order valence-corrected chi connectivity index (χ0v) is 16.1. The second kappa shape index (κ2) is 9.38. The number of aryl methyl sites for hydroxylation is 1. The fourth-order valence-electron chi connectivity index (χ4n) is 2.33. The van der Waals surface area contributed by atoms with Crippen LogP contribution in [-0.2, 0) is 14.3 Å². The number of nitrogens with one attached hydrogen (secondary N) is 1. The van der Waals surface area contributed by atoms with E-state index in [-0.39, 0.29) is 17.6 Å². The summed E-state index contributed by atoms with van der Waals surface area (Å²) >= 11 is 1.13. The van der Waals surface area contributed by atoms with Gasteiger partial charge in [-0.3, -0.25) is 4.79 Å². The van der Waals surface area contributed by atoms with Gasteiger partial charge in [0.25, 0.3) is 5.22 Å². The van der Waals surface area contributed by atoms with Gasteiger partial charge in [-0.2, -0.15) is 0 Å². The number of benzene rings is 1. The van der Waals surface area contributed by atoms with E-state index in [1.165, 1.54) is 7.11 Å². The van der Waals surface area contributed by atoms with E-state index in [9.17, 15) is 9.59 Å². The van der Waals surface area contributed by atoms with E-state index in [4.69, 9.17) is 9.15 Å². The van der Waals surface area contributed by atoms with Crippen molar-refractivity contribution in [2.24, 2.45) is 5.92 Å². The highest BCUT2D eigenvalue weighted by atomic mass is 32.2. The zero-order chi connectivity index (χ0) is 19.1. The summed E-state index contributed by atoms with van der Waals surface area (Å²) in [5.74, 6) is -0.275. The molecule has 0 fully saturated rings. The molecule has 0 aliphatic heterocycles. The molecule has 1 N–H and O–H groups in total.